The number of hydrogen-bond acceptors (Lipinski definition) is 2. The topological polar surface area (TPSA) is 46.5 Å². The molecule has 0 amide bonds. The molecule has 20 heavy (non-hydrogen) atoms. The quantitative estimate of drug-likeness (QED) is 0.908. The summed E-state index contributed by atoms with van der Waals surface area (Å²) < 4.78 is 5.55. The van der Waals surface area contributed by atoms with Crippen LogP contribution in [0.1, 0.15) is 17.0 Å². The van der Waals surface area contributed by atoms with Gasteiger partial charge < -0.3 is 9.84 Å². The molecular weight excluding hydrogens is 276 g/mol. The van der Waals surface area contributed by atoms with E-state index in [9.17, 15) is 9.90 Å². The molecule has 3 nitrogen and oxygen atoms in total. The molecule has 0 fully saturated rings. The van der Waals surface area contributed by atoms with E-state index in [1.165, 1.54) is 0 Å². The SMILES string of the molecule is Cc1ccc(OCC(C(=O)O)c2ccccc2Cl)cc1. The highest BCUT2D eigenvalue weighted by Crippen LogP contribution is 2.25. The summed E-state index contributed by atoms with van der Waals surface area (Å²) in [7, 11) is 0. The Morgan fingerprint density at radius 3 is 2.45 bits per heavy atom. The molecule has 1 unspecified atom stereocenters. The van der Waals surface area contributed by atoms with E-state index in [0.717, 1.165) is 5.56 Å². The van der Waals surface area contributed by atoms with Crippen molar-refractivity contribution >= 4 is 17.6 Å². The molecule has 2 rings (SSSR count). The summed E-state index contributed by atoms with van der Waals surface area (Å²) in [5, 5.41) is 9.77. The van der Waals surface area contributed by atoms with Crippen LogP contribution < -0.4 is 4.74 Å². The molecule has 1 atom stereocenters. The maximum absolute atomic E-state index is 11.4. The van der Waals surface area contributed by atoms with E-state index in [1.807, 2.05) is 31.2 Å². The van der Waals surface area contributed by atoms with Crippen LogP contribution in [0.5, 0.6) is 5.75 Å². The van der Waals surface area contributed by atoms with Gasteiger partial charge in [-0.3, -0.25) is 4.79 Å². The molecule has 2 aromatic carbocycles. The van der Waals surface area contributed by atoms with Gasteiger partial charge in [0, 0.05) is 5.02 Å². The first-order valence-corrected chi connectivity index (χ1v) is 6.62. The average Bonchev–Trinajstić information content (AvgIpc) is 2.42. The number of aliphatic carboxylic acids is 1. The largest absolute Gasteiger partial charge is 0.492 e. The highest BCUT2D eigenvalue weighted by molar-refractivity contribution is 6.31. The Morgan fingerprint density at radius 2 is 1.85 bits per heavy atom. The van der Waals surface area contributed by atoms with Crippen molar-refractivity contribution in [3.63, 3.8) is 0 Å². The number of carboxylic acids is 1. The fourth-order valence-electron chi connectivity index (χ4n) is 1.87. The van der Waals surface area contributed by atoms with Crippen molar-refractivity contribution < 1.29 is 14.6 Å². The lowest BCUT2D eigenvalue weighted by Crippen LogP contribution is -2.19. The van der Waals surface area contributed by atoms with Crippen LogP contribution in [-0.4, -0.2) is 17.7 Å². The van der Waals surface area contributed by atoms with Gasteiger partial charge in [-0.05, 0) is 30.7 Å². The van der Waals surface area contributed by atoms with E-state index >= 15 is 0 Å². The minimum Gasteiger partial charge on any atom is -0.492 e. The lowest BCUT2D eigenvalue weighted by atomic mass is 10.0. The fourth-order valence-corrected chi connectivity index (χ4v) is 2.13. The molecule has 0 saturated carbocycles. The third-order valence-electron chi connectivity index (χ3n) is 3.02. The van der Waals surface area contributed by atoms with E-state index in [0.29, 0.717) is 16.3 Å². The second kappa shape index (κ2) is 6.44. The standard InChI is InChI=1S/C16H15ClO3/c1-11-6-8-12(9-7-11)20-10-14(16(18)19)13-4-2-3-5-15(13)17/h2-9,14H,10H2,1H3,(H,18,19). The van der Waals surface area contributed by atoms with Crippen molar-refractivity contribution in [2.45, 2.75) is 12.8 Å². The monoisotopic (exact) mass is 290 g/mol. The third kappa shape index (κ3) is 3.52. The zero-order valence-corrected chi connectivity index (χ0v) is 11.8. The van der Waals surface area contributed by atoms with E-state index in [4.69, 9.17) is 16.3 Å². The van der Waals surface area contributed by atoms with Crippen molar-refractivity contribution in [1.29, 1.82) is 0 Å². The van der Waals surface area contributed by atoms with E-state index in [1.54, 1.807) is 24.3 Å². The molecule has 0 aliphatic rings. The average molecular weight is 291 g/mol. The first-order chi connectivity index (χ1) is 9.58. The Morgan fingerprint density at radius 1 is 1.20 bits per heavy atom. The van der Waals surface area contributed by atoms with Crippen molar-refractivity contribution in [2.75, 3.05) is 6.61 Å². The molecular formula is C16H15ClO3. The highest BCUT2D eigenvalue weighted by Gasteiger charge is 2.23. The molecule has 0 aliphatic heterocycles. The zero-order chi connectivity index (χ0) is 14.5. The van der Waals surface area contributed by atoms with E-state index < -0.39 is 11.9 Å². The minimum atomic E-state index is -0.954. The zero-order valence-electron chi connectivity index (χ0n) is 11.0. The molecule has 4 heteroatoms. The number of ether oxygens (including phenoxy) is 1. The highest BCUT2D eigenvalue weighted by atomic mass is 35.5. The van der Waals surface area contributed by atoms with Gasteiger partial charge >= 0.3 is 5.97 Å². The molecule has 2 aromatic rings. The van der Waals surface area contributed by atoms with Crippen molar-refractivity contribution in [1.82, 2.24) is 0 Å². The van der Waals surface area contributed by atoms with Gasteiger partial charge in [-0.1, -0.05) is 47.5 Å². The Hall–Kier alpha value is -2.00. The summed E-state index contributed by atoms with van der Waals surface area (Å²) in [6, 6.07) is 14.4. The van der Waals surface area contributed by atoms with Crippen LogP contribution in [0.2, 0.25) is 5.02 Å². The summed E-state index contributed by atoms with van der Waals surface area (Å²) in [6.45, 7) is 2.02. The number of carboxylic acid groups (broad SMARTS) is 1. The van der Waals surface area contributed by atoms with E-state index in [2.05, 4.69) is 0 Å². The van der Waals surface area contributed by atoms with Gasteiger partial charge in [0.2, 0.25) is 0 Å². The van der Waals surface area contributed by atoms with Crippen molar-refractivity contribution in [2.24, 2.45) is 0 Å². The predicted octanol–water partition coefficient (Wildman–Crippen LogP) is 3.90. The van der Waals surface area contributed by atoms with Gasteiger partial charge in [0.15, 0.2) is 0 Å². The molecule has 0 radical (unpaired) electrons. The van der Waals surface area contributed by atoms with Gasteiger partial charge in [0.05, 0.1) is 0 Å². The smallest absolute Gasteiger partial charge is 0.314 e. The molecule has 104 valence electrons. The lowest BCUT2D eigenvalue weighted by Gasteiger charge is -2.15. The Balaban J connectivity index is 2.13. The number of aryl methyl sites for hydroxylation is 1. The summed E-state index contributed by atoms with van der Waals surface area (Å²) >= 11 is 6.05. The van der Waals surface area contributed by atoms with Gasteiger partial charge in [-0.15, -0.1) is 0 Å². The summed E-state index contributed by atoms with van der Waals surface area (Å²) in [6.07, 6.45) is 0. The normalized spacial score (nSPS) is 11.9. The minimum absolute atomic E-state index is 0.0438. The number of rotatable bonds is 5. The summed E-state index contributed by atoms with van der Waals surface area (Å²) in [4.78, 5) is 11.4. The second-order valence-corrected chi connectivity index (χ2v) is 4.94. The van der Waals surface area contributed by atoms with Gasteiger partial charge in [0.1, 0.15) is 18.3 Å². The Kier molecular flexibility index (Phi) is 4.64. The molecule has 0 heterocycles. The maximum Gasteiger partial charge on any atom is 0.314 e. The van der Waals surface area contributed by atoms with E-state index in [-0.39, 0.29) is 6.61 Å². The fraction of sp³-hybridized carbons (Fsp3) is 0.188. The summed E-state index contributed by atoms with van der Waals surface area (Å²) in [5.41, 5.74) is 1.69. The molecule has 0 aromatic heterocycles. The van der Waals surface area contributed by atoms with Crippen molar-refractivity contribution in [3.8, 4) is 5.75 Å². The molecule has 0 aliphatic carbocycles. The Labute approximate surface area is 122 Å². The van der Waals surface area contributed by atoms with Crippen LogP contribution in [0.4, 0.5) is 0 Å². The van der Waals surface area contributed by atoms with Crippen LogP contribution in [-0.2, 0) is 4.79 Å². The first kappa shape index (κ1) is 14.4. The van der Waals surface area contributed by atoms with Gasteiger partial charge in [-0.2, -0.15) is 0 Å². The molecule has 0 saturated heterocycles. The van der Waals surface area contributed by atoms with Crippen LogP contribution in [0, 0.1) is 6.92 Å². The molecule has 1 N–H and O–H groups in total. The molecule has 0 spiro atoms. The summed E-state index contributed by atoms with van der Waals surface area (Å²) in [5.74, 6) is -1.09. The first-order valence-electron chi connectivity index (χ1n) is 6.24. The Bertz CT molecular complexity index is 593. The maximum atomic E-state index is 11.4. The van der Waals surface area contributed by atoms with Gasteiger partial charge in [-0.25, -0.2) is 0 Å². The number of halogens is 1. The van der Waals surface area contributed by atoms with Gasteiger partial charge in [0.25, 0.3) is 0 Å². The van der Waals surface area contributed by atoms with Crippen molar-refractivity contribution in [3.05, 3.63) is 64.7 Å². The number of carbonyl (C=O) groups is 1. The third-order valence-corrected chi connectivity index (χ3v) is 3.36. The second-order valence-electron chi connectivity index (χ2n) is 4.54. The van der Waals surface area contributed by atoms with Crippen LogP contribution in [0.15, 0.2) is 48.5 Å². The van der Waals surface area contributed by atoms with Crippen LogP contribution in [0.25, 0.3) is 0 Å². The predicted molar refractivity (Wildman–Crippen MR) is 78.5 cm³/mol. The lowest BCUT2D eigenvalue weighted by molar-refractivity contribution is -0.139. The number of benzene rings is 2. The molecule has 0 bridgehead atoms. The van der Waals surface area contributed by atoms with Crippen LogP contribution >= 0.6 is 11.6 Å². The number of hydrogen-bond donors (Lipinski definition) is 1. The van der Waals surface area contributed by atoms with Crippen LogP contribution in [0.3, 0.4) is 0 Å².